The number of unbranched alkanes of at least 4 members (excludes halogenated alkanes) is 11. The summed E-state index contributed by atoms with van der Waals surface area (Å²) >= 11 is 0. The van der Waals surface area contributed by atoms with Crippen LogP contribution in [-0.4, -0.2) is 25.2 Å². The van der Waals surface area contributed by atoms with Gasteiger partial charge in [0.2, 0.25) is 12.0 Å². The SMILES string of the molecule is CCCCCCCCCCCCOC1(OCCCCC)C=CC(c2ccc(-c3ccc(-c4ccccc4)cc3)cc2)=C(F)C1F. The number of rotatable bonds is 20. The van der Waals surface area contributed by atoms with E-state index in [1.807, 2.05) is 42.5 Å². The van der Waals surface area contributed by atoms with Crippen molar-refractivity contribution < 1.29 is 18.3 Å². The van der Waals surface area contributed by atoms with Crippen molar-refractivity contribution in [2.75, 3.05) is 13.2 Å². The summed E-state index contributed by atoms with van der Waals surface area (Å²) in [4.78, 5) is 0. The number of halogens is 2. The van der Waals surface area contributed by atoms with Crippen molar-refractivity contribution in [3.05, 3.63) is 102 Å². The highest BCUT2D eigenvalue weighted by atomic mass is 19.2. The van der Waals surface area contributed by atoms with E-state index < -0.39 is 17.8 Å². The number of allylic oxidation sites excluding steroid dienone is 2. The van der Waals surface area contributed by atoms with Gasteiger partial charge in [-0.2, -0.15) is 0 Å². The van der Waals surface area contributed by atoms with Crippen LogP contribution >= 0.6 is 0 Å². The Balaban J connectivity index is 1.35. The number of benzene rings is 3. The first-order valence-electron chi connectivity index (χ1n) is 17.3. The van der Waals surface area contributed by atoms with Gasteiger partial charge in [0, 0.05) is 5.57 Å². The van der Waals surface area contributed by atoms with E-state index in [4.69, 9.17) is 9.47 Å². The predicted octanol–water partition coefficient (Wildman–Crippen LogP) is 12.4. The van der Waals surface area contributed by atoms with Crippen molar-refractivity contribution >= 4 is 5.57 Å². The van der Waals surface area contributed by atoms with Crippen LogP contribution < -0.4 is 0 Å². The lowest BCUT2D eigenvalue weighted by molar-refractivity contribution is -0.234. The largest absolute Gasteiger partial charge is 0.344 e. The van der Waals surface area contributed by atoms with Crippen LogP contribution in [0, 0.1) is 0 Å². The Kier molecular flexibility index (Phi) is 14.5. The van der Waals surface area contributed by atoms with Gasteiger partial charge >= 0.3 is 0 Å². The Morgan fingerprint density at radius 3 is 1.44 bits per heavy atom. The van der Waals surface area contributed by atoms with Crippen LogP contribution in [0.2, 0.25) is 0 Å². The van der Waals surface area contributed by atoms with Gasteiger partial charge < -0.3 is 9.47 Å². The molecule has 3 aromatic rings. The summed E-state index contributed by atoms with van der Waals surface area (Å²) in [6.07, 6.45) is 16.0. The van der Waals surface area contributed by atoms with Crippen molar-refractivity contribution in [3.8, 4) is 22.3 Å². The van der Waals surface area contributed by atoms with Crippen LogP contribution in [0.15, 0.2) is 96.8 Å². The molecule has 45 heavy (non-hydrogen) atoms. The summed E-state index contributed by atoms with van der Waals surface area (Å²) in [5, 5.41) is 0. The van der Waals surface area contributed by atoms with Gasteiger partial charge in [-0.05, 0) is 46.7 Å². The highest BCUT2D eigenvalue weighted by Crippen LogP contribution is 2.39. The lowest BCUT2D eigenvalue weighted by atomic mass is 9.92. The summed E-state index contributed by atoms with van der Waals surface area (Å²) in [5.74, 6) is -2.56. The molecular formula is C41H52F2O2. The van der Waals surface area contributed by atoms with Crippen molar-refractivity contribution in [3.63, 3.8) is 0 Å². The van der Waals surface area contributed by atoms with E-state index in [9.17, 15) is 0 Å². The molecule has 242 valence electrons. The minimum atomic E-state index is -2.02. The van der Waals surface area contributed by atoms with Crippen molar-refractivity contribution in [1.29, 1.82) is 0 Å². The van der Waals surface area contributed by atoms with Crippen LogP contribution in [0.5, 0.6) is 0 Å². The minimum absolute atomic E-state index is 0.240. The Bertz CT molecular complexity index is 1310. The molecule has 1 aliphatic rings. The maximum atomic E-state index is 15.9. The molecular weight excluding hydrogens is 562 g/mol. The molecule has 0 amide bonds. The zero-order valence-corrected chi connectivity index (χ0v) is 27.4. The van der Waals surface area contributed by atoms with Gasteiger partial charge in [-0.25, -0.2) is 8.78 Å². The Morgan fingerprint density at radius 1 is 0.533 bits per heavy atom. The number of alkyl halides is 1. The molecule has 2 atom stereocenters. The van der Waals surface area contributed by atoms with E-state index >= 15 is 8.78 Å². The highest BCUT2D eigenvalue weighted by Gasteiger charge is 2.46. The van der Waals surface area contributed by atoms with E-state index in [0.717, 1.165) is 55.2 Å². The molecule has 0 radical (unpaired) electrons. The van der Waals surface area contributed by atoms with Gasteiger partial charge in [-0.3, -0.25) is 0 Å². The summed E-state index contributed by atoms with van der Waals surface area (Å²) in [5.41, 5.74) is 5.28. The first kappa shape index (κ1) is 34.8. The van der Waals surface area contributed by atoms with E-state index in [2.05, 4.69) is 50.2 Å². The minimum Gasteiger partial charge on any atom is -0.344 e. The van der Waals surface area contributed by atoms with Crippen molar-refractivity contribution in [2.45, 2.75) is 109 Å². The Morgan fingerprint density at radius 2 is 0.933 bits per heavy atom. The topological polar surface area (TPSA) is 18.5 Å². The smallest absolute Gasteiger partial charge is 0.227 e. The molecule has 0 aliphatic heterocycles. The van der Waals surface area contributed by atoms with Gasteiger partial charge in [0.05, 0.1) is 13.2 Å². The fraction of sp³-hybridized carbons (Fsp3) is 0.463. The lowest BCUT2D eigenvalue weighted by Crippen LogP contribution is -2.46. The lowest BCUT2D eigenvalue weighted by Gasteiger charge is -2.36. The van der Waals surface area contributed by atoms with Crippen molar-refractivity contribution in [2.24, 2.45) is 0 Å². The Labute approximate surface area is 270 Å². The molecule has 0 saturated carbocycles. The van der Waals surface area contributed by atoms with Gasteiger partial charge in [0.25, 0.3) is 0 Å². The van der Waals surface area contributed by atoms with E-state index in [1.165, 1.54) is 50.5 Å². The second-order valence-electron chi connectivity index (χ2n) is 12.3. The zero-order chi connectivity index (χ0) is 31.7. The van der Waals surface area contributed by atoms with Crippen LogP contribution in [0.25, 0.3) is 27.8 Å². The first-order valence-corrected chi connectivity index (χ1v) is 17.3. The fourth-order valence-corrected chi connectivity index (χ4v) is 5.93. The van der Waals surface area contributed by atoms with E-state index in [0.29, 0.717) is 18.8 Å². The third-order valence-electron chi connectivity index (χ3n) is 8.74. The predicted molar refractivity (Wildman–Crippen MR) is 185 cm³/mol. The Hall–Kier alpha value is -3.08. The summed E-state index contributed by atoms with van der Waals surface area (Å²) in [7, 11) is 0. The zero-order valence-electron chi connectivity index (χ0n) is 27.4. The van der Waals surface area contributed by atoms with Gasteiger partial charge in [-0.1, -0.05) is 169 Å². The maximum Gasteiger partial charge on any atom is 0.227 e. The second kappa shape index (κ2) is 18.8. The van der Waals surface area contributed by atoms with Crippen LogP contribution in [-0.2, 0) is 9.47 Å². The molecule has 4 rings (SSSR count). The molecule has 1 aliphatic carbocycles. The average Bonchev–Trinajstić information content (AvgIpc) is 3.08. The van der Waals surface area contributed by atoms with Crippen LogP contribution in [0.4, 0.5) is 8.78 Å². The number of ether oxygens (including phenoxy) is 2. The van der Waals surface area contributed by atoms with Crippen molar-refractivity contribution in [1.82, 2.24) is 0 Å². The molecule has 0 aromatic heterocycles. The summed E-state index contributed by atoms with van der Waals surface area (Å²) < 4.78 is 43.7. The fourth-order valence-electron chi connectivity index (χ4n) is 5.93. The van der Waals surface area contributed by atoms with Crippen LogP contribution in [0.3, 0.4) is 0 Å². The molecule has 2 unspecified atom stereocenters. The molecule has 0 saturated heterocycles. The van der Waals surface area contributed by atoms with E-state index in [-0.39, 0.29) is 5.57 Å². The monoisotopic (exact) mass is 614 g/mol. The van der Waals surface area contributed by atoms with Gasteiger partial charge in [-0.15, -0.1) is 0 Å². The summed E-state index contributed by atoms with van der Waals surface area (Å²) in [6.45, 7) is 5.02. The molecule has 0 spiro atoms. The molecule has 0 N–H and O–H groups in total. The van der Waals surface area contributed by atoms with Gasteiger partial charge in [0.1, 0.15) is 5.83 Å². The second-order valence-corrected chi connectivity index (χ2v) is 12.3. The standard InChI is InChI=1S/C41H52F2O2/c1-3-5-7-8-9-10-11-12-13-18-32-45-41(44-31-17-6-4-2)30-29-38(39(42)40(41)43)37-27-25-36(26-28-37)35-23-21-34(22-24-35)33-19-15-14-16-20-33/h14-16,19-30,40H,3-13,17-18,31-32H2,1-2H3. The molecule has 0 fully saturated rings. The molecule has 2 nitrogen and oxygen atoms in total. The third kappa shape index (κ3) is 10.2. The van der Waals surface area contributed by atoms with Gasteiger partial charge in [0.15, 0.2) is 0 Å². The maximum absolute atomic E-state index is 15.9. The highest BCUT2D eigenvalue weighted by molar-refractivity contribution is 5.79. The number of hydrogen-bond donors (Lipinski definition) is 0. The normalized spacial score (nSPS) is 18.1. The molecule has 0 bridgehead atoms. The third-order valence-corrected chi connectivity index (χ3v) is 8.74. The average molecular weight is 615 g/mol. The first-order chi connectivity index (χ1) is 22.1. The quantitative estimate of drug-likeness (QED) is 0.0931. The molecule has 4 heteroatoms. The molecule has 3 aromatic carbocycles. The molecule has 0 heterocycles. The van der Waals surface area contributed by atoms with E-state index in [1.54, 1.807) is 12.2 Å². The number of hydrogen-bond acceptors (Lipinski definition) is 2. The van der Waals surface area contributed by atoms with Crippen LogP contribution in [0.1, 0.15) is 103 Å². The summed E-state index contributed by atoms with van der Waals surface area (Å²) in [6, 6.07) is 26.3.